The molecule has 6 nitrogen and oxygen atoms in total. The van der Waals surface area contributed by atoms with E-state index in [2.05, 4.69) is 10.6 Å². The van der Waals surface area contributed by atoms with Crippen molar-refractivity contribution in [2.24, 2.45) is 5.41 Å². The molecule has 0 spiro atoms. The molecule has 3 rings (SSSR count). The molecule has 1 saturated carbocycles. The summed E-state index contributed by atoms with van der Waals surface area (Å²) in [6.45, 7) is 3.94. The van der Waals surface area contributed by atoms with Crippen LogP contribution in [0.15, 0.2) is 48.5 Å². The third-order valence-electron chi connectivity index (χ3n) is 4.67. The molecule has 0 aliphatic heterocycles. The van der Waals surface area contributed by atoms with Crippen LogP contribution in [0, 0.1) is 12.3 Å². The van der Waals surface area contributed by atoms with Crippen LogP contribution in [-0.2, 0) is 14.3 Å². The Kier molecular flexibility index (Phi) is 5.26. The number of hydrogen-bond donors (Lipinski definition) is 2. The first kappa shape index (κ1) is 18.6. The van der Waals surface area contributed by atoms with E-state index >= 15 is 0 Å². The van der Waals surface area contributed by atoms with Gasteiger partial charge >= 0.3 is 5.97 Å². The number of carbonyl (C=O) groups excluding carboxylic acids is 3. The zero-order valence-corrected chi connectivity index (χ0v) is 15.4. The van der Waals surface area contributed by atoms with Crippen LogP contribution in [0.25, 0.3) is 0 Å². The van der Waals surface area contributed by atoms with E-state index < -0.39 is 11.4 Å². The lowest BCUT2D eigenvalue weighted by atomic mass is 10.0. The van der Waals surface area contributed by atoms with Gasteiger partial charge in [0, 0.05) is 11.4 Å². The molecule has 2 aromatic rings. The number of nitrogens with one attached hydrogen (secondary N) is 2. The summed E-state index contributed by atoms with van der Waals surface area (Å²) in [4.78, 5) is 37.0. The first-order valence-corrected chi connectivity index (χ1v) is 8.92. The van der Waals surface area contributed by atoms with Gasteiger partial charge in [0.15, 0.2) is 0 Å². The van der Waals surface area contributed by atoms with Crippen molar-refractivity contribution < 1.29 is 19.1 Å². The van der Waals surface area contributed by atoms with E-state index in [1.807, 2.05) is 31.2 Å². The minimum atomic E-state index is -1.04. The summed E-state index contributed by atoms with van der Waals surface area (Å²) in [7, 11) is 0. The fourth-order valence-electron chi connectivity index (χ4n) is 2.79. The van der Waals surface area contributed by atoms with Crippen molar-refractivity contribution in [3.05, 3.63) is 59.7 Å². The molecule has 0 saturated heterocycles. The van der Waals surface area contributed by atoms with Gasteiger partial charge in [-0.2, -0.15) is 0 Å². The molecular formula is C21H22N2O4. The maximum Gasteiger partial charge on any atom is 0.338 e. The molecule has 0 heterocycles. The Hall–Kier alpha value is -3.15. The molecule has 27 heavy (non-hydrogen) atoms. The van der Waals surface area contributed by atoms with Gasteiger partial charge in [-0.3, -0.25) is 9.59 Å². The van der Waals surface area contributed by atoms with Crippen LogP contribution in [0.5, 0.6) is 0 Å². The summed E-state index contributed by atoms with van der Waals surface area (Å²) in [6, 6.07) is 13.9. The predicted molar refractivity (Wildman–Crippen MR) is 103 cm³/mol. The summed E-state index contributed by atoms with van der Waals surface area (Å²) >= 11 is 0. The molecular weight excluding hydrogens is 344 g/mol. The largest absolute Gasteiger partial charge is 0.462 e. The maximum atomic E-state index is 12.7. The zero-order chi connectivity index (χ0) is 19.4. The van der Waals surface area contributed by atoms with Crippen molar-refractivity contribution >= 4 is 29.2 Å². The van der Waals surface area contributed by atoms with Gasteiger partial charge in [0.05, 0.1) is 12.2 Å². The fraction of sp³-hybridized carbons (Fsp3) is 0.286. The molecule has 0 bridgehead atoms. The van der Waals surface area contributed by atoms with E-state index in [4.69, 9.17) is 4.74 Å². The van der Waals surface area contributed by atoms with Crippen LogP contribution in [-0.4, -0.2) is 24.4 Å². The molecule has 0 radical (unpaired) electrons. The van der Waals surface area contributed by atoms with Crippen LogP contribution in [0.1, 0.15) is 35.7 Å². The highest BCUT2D eigenvalue weighted by Crippen LogP contribution is 2.47. The van der Waals surface area contributed by atoms with Crippen molar-refractivity contribution in [2.75, 3.05) is 17.2 Å². The van der Waals surface area contributed by atoms with Crippen molar-refractivity contribution in [1.29, 1.82) is 0 Å². The van der Waals surface area contributed by atoms with Gasteiger partial charge in [-0.15, -0.1) is 0 Å². The van der Waals surface area contributed by atoms with E-state index in [0.29, 0.717) is 36.4 Å². The lowest BCUT2D eigenvalue weighted by Crippen LogP contribution is -2.35. The second kappa shape index (κ2) is 7.61. The van der Waals surface area contributed by atoms with Crippen molar-refractivity contribution in [2.45, 2.75) is 26.7 Å². The zero-order valence-electron chi connectivity index (χ0n) is 15.4. The number of rotatable bonds is 6. The molecule has 6 heteroatoms. The van der Waals surface area contributed by atoms with Gasteiger partial charge in [-0.1, -0.05) is 18.2 Å². The number of esters is 1. The van der Waals surface area contributed by atoms with E-state index in [0.717, 1.165) is 5.56 Å². The summed E-state index contributed by atoms with van der Waals surface area (Å²) in [5, 5.41) is 5.63. The lowest BCUT2D eigenvalue weighted by Gasteiger charge is -2.16. The highest BCUT2D eigenvalue weighted by molar-refractivity contribution is 6.17. The van der Waals surface area contributed by atoms with Crippen molar-refractivity contribution in [3.8, 4) is 0 Å². The van der Waals surface area contributed by atoms with Crippen LogP contribution in [0.4, 0.5) is 11.4 Å². The van der Waals surface area contributed by atoms with Gasteiger partial charge in [-0.05, 0) is 62.6 Å². The molecule has 1 aliphatic carbocycles. The quantitative estimate of drug-likeness (QED) is 0.605. The fourth-order valence-corrected chi connectivity index (χ4v) is 2.79. The lowest BCUT2D eigenvalue weighted by molar-refractivity contribution is -0.131. The number of ether oxygens (including phenoxy) is 1. The number of carbonyl (C=O) groups is 3. The third kappa shape index (κ3) is 4.00. The molecule has 2 N–H and O–H groups in total. The Morgan fingerprint density at radius 1 is 0.963 bits per heavy atom. The molecule has 0 atom stereocenters. The predicted octanol–water partition coefficient (Wildman–Crippen LogP) is 3.53. The highest BCUT2D eigenvalue weighted by Gasteiger charge is 2.56. The molecule has 0 aromatic heterocycles. The Morgan fingerprint density at radius 2 is 1.59 bits per heavy atom. The number of aryl methyl sites for hydroxylation is 1. The Labute approximate surface area is 157 Å². The number of para-hydroxylation sites is 1. The van der Waals surface area contributed by atoms with Gasteiger partial charge in [0.2, 0.25) is 11.8 Å². The standard InChI is InChI=1S/C21H22N2O4/c1-3-27-18(24)15-8-10-16(11-9-15)22-19(25)21(12-13-21)20(26)23-17-7-5-4-6-14(17)2/h4-11H,3,12-13H2,1-2H3,(H,22,25)(H,23,26). The van der Waals surface area contributed by atoms with Gasteiger partial charge < -0.3 is 15.4 Å². The minimum Gasteiger partial charge on any atom is -0.462 e. The van der Waals surface area contributed by atoms with Crippen molar-refractivity contribution in [1.82, 2.24) is 0 Å². The Morgan fingerprint density at radius 3 is 2.19 bits per heavy atom. The normalized spacial score (nSPS) is 14.1. The summed E-state index contributed by atoms with van der Waals surface area (Å²) in [5.41, 5.74) is 1.55. The number of anilines is 2. The first-order chi connectivity index (χ1) is 13.0. The highest BCUT2D eigenvalue weighted by atomic mass is 16.5. The van der Waals surface area contributed by atoms with E-state index in [-0.39, 0.29) is 11.8 Å². The Bertz CT molecular complexity index is 870. The molecule has 1 aliphatic rings. The summed E-state index contributed by atoms with van der Waals surface area (Å²) in [6.07, 6.45) is 1.02. The van der Waals surface area contributed by atoms with Gasteiger partial charge in [0.1, 0.15) is 5.41 Å². The smallest absolute Gasteiger partial charge is 0.338 e. The number of benzene rings is 2. The second-order valence-corrected chi connectivity index (χ2v) is 6.60. The molecule has 2 aromatic carbocycles. The molecule has 0 unspecified atom stereocenters. The monoisotopic (exact) mass is 366 g/mol. The SMILES string of the molecule is CCOC(=O)c1ccc(NC(=O)C2(C(=O)Nc3ccccc3C)CC2)cc1. The van der Waals surface area contributed by atoms with Crippen LogP contribution in [0.2, 0.25) is 0 Å². The van der Waals surface area contributed by atoms with Crippen molar-refractivity contribution in [3.63, 3.8) is 0 Å². The molecule has 140 valence electrons. The average molecular weight is 366 g/mol. The van der Waals surface area contributed by atoms with Crippen LogP contribution < -0.4 is 10.6 Å². The topological polar surface area (TPSA) is 84.5 Å². The van der Waals surface area contributed by atoms with Crippen LogP contribution in [0.3, 0.4) is 0 Å². The molecule has 1 fully saturated rings. The average Bonchev–Trinajstić information content (AvgIpc) is 3.46. The third-order valence-corrected chi connectivity index (χ3v) is 4.67. The second-order valence-electron chi connectivity index (χ2n) is 6.60. The minimum absolute atomic E-state index is 0.294. The molecule has 2 amide bonds. The van der Waals surface area contributed by atoms with Gasteiger partial charge in [-0.25, -0.2) is 4.79 Å². The summed E-state index contributed by atoms with van der Waals surface area (Å²) < 4.78 is 4.93. The van der Waals surface area contributed by atoms with E-state index in [1.165, 1.54) is 0 Å². The number of amides is 2. The first-order valence-electron chi connectivity index (χ1n) is 8.92. The number of hydrogen-bond acceptors (Lipinski definition) is 4. The maximum absolute atomic E-state index is 12.7. The Balaban J connectivity index is 1.66. The van der Waals surface area contributed by atoms with E-state index in [9.17, 15) is 14.4 Å². The van der Waals surface area contributed by atoms with Crippen LogP contribution >= 0.6 is 0 Å². The van der Waals surface area contributed by atoms with Gasteiger partial charge in [0.25, 0.3) is 0 Å². The summed E-state index contributed by atoms with van der Waals surface area (Å²) in [5.74, 6) is -1.04. The van der Waals surface area contributed by atoms with E-state index in [1.54, 1.807) is 31.2 Å².